The maximum absolute atomic E-state index is 12.8. The van der Waals surface area contributed by atoms with Crippen LogP contribution in [0.2, 0.25) is 0 Å². The summed E-state index contributed by atoms with van der Waals surface area (Å²) in [6.45, 7) is -0.0127. The minimum Gasteiger partial charge on any atom is -0.310 e. The SMILES string of the molecule is N=C(NS(=O)(=O)c1ccc(F)nc1)C1CCC2CN1C(=O)N2OS(=O)(=O)O. The molecule has 0 aromatic carbocycles. The number of urea groups is 1. The number of rotatable bonds is 5. The summed E-state index contributed by atoms with van der Waals surface area (Å²) in [6.07, 6.45) is 1.15. The molecule has 2 fully saturated rings. The van der Waals surface area contributed by atoms with Crippen molar-refractivity contribution in [1.29, 1.82) is 5.41 Å². The fourth-order valence-corrected chi connectivity index (χ4v) is 4.30. The highest BCUT2D eigenvalue weighted by Crippen LogP contribution is 2.31. The highest BCUT2D eigenvalue weighted by Gasteiger charge is 2.48. The number of pyridine rings is 1. The molecule has 3 N–H and O–H groups in total. The Morgan fingerprint density at radius 1 is 1.33 bits per heavy atom. The average molecular weight is 423 g/mol. The van der Waals surface area contributed by atoms with Crippen LogP contribution in [0.15, 0.2) is 23.2 Å². The fraction of sp³-hybridized carbons (Fsp3) is 0.417. The second-order valence-electron chi connectivity index (χ2n) is 5.85. The highest BCUT2D eigenvalue weighted by atomic mass is 32.3. The molecule has 2 bridgehead atoms. The minimum absolute atomic E-state index is 0.0127. The molecule has 0 aliphatic carbocycles. The number of amidine groups is 1. The van der Waals surface area contributed by atoms with Gasteiger partial charge in [-0.25, -0.2) is 18.2 Å². The molecule has 0 saturated carbocycles. The normalized spacial score (nSPS) is 22.8. The van der Waals surface area contributed by atoms with Gasteiger partial charge in [-0.15, -0.1) is 4.28 Å². The molecule has 0 spiro atoms. The molecule has 2 atom stereocenters. The molecule has 27 heavy (non-hydrogen) atoms. The summed E-state index contributed by atoms with van der Waals surface area (Å²) in [7, 11) is -9.14. The third-order valence-corrected chi connectivity index (χ3v) is 5.79. The van der Waals surface area contributed by atoms with Crippen molar-refractivity contribution in [3.05, 3.63) is 24.3 Å². The number of hydroxylamine groups is 2. The first kappa shape index (κ1) is 19.4. The number of fused-ring (bicyclic) bond motifs is 2. The average Bonchev–Trinajstić information content (AvgIpc) is 2.78. The molecular formula is C12H14FN5O7S2. The van der Waals surface area contributed by atoms with Crippen LogP contribution in [0.5, 0.6) is 0 Å². The van der Waals surface area contributed by atoms with E-state index in [-0.39, 0.29) is 24.3 Å². The number of halogens is 1. The van der Waals surface area contributed by atoms with E-state index in [1.165, 1.54) is 0 Å². The van der Waals surface area contributed by atoms with Gasteiger partial charge in [-0.3, -0.25) is 14.7 Å². The number of nitrogens with one attached hydrogen (secondary N) is 2. The van der Waals surface area contributed by atoms with E-state index in [9.17, 15) is 26.0 Å². The summed E-state index contributed by atoms with van der Waals surface area (Å²) in [5.74, 6) is -1.40. The second kappa shape index (κ2) is 6.66. The van der Waals surface area contributed by atoms with Gasteiger partial charge in [0.1, 0.15) is 10.7 Å². The molecule has 12 nitrogen and oxygen atoms in total. The molecule has 148 valence electrons. The van der Waals surface area contributed by atoms with Crippen LogP contribution in [0.25, 0.3) is 0 Å². The Morgan fingerprint density at radius 2 is 2.04 bits per heavy atom. The van der Waals surface area contributed by atoms with E-state index in [0.717, 1.165) is 23.2 Å². The van der Waals surface area contributed by atoms with Gasteiger partial charge in [0, 0.05) is 6.54 Å². The molecule has 3 rings (SSSR count). The van der Waals surface area contributed by atoms with Crippen molar-refractivity contribution in [2.75, 3.05) is 6.54 Å². The molecule has 2 aliphatic heterocycles. The third-order valence-electron chi connectivity index (χ3n) is 4.09. The van der Waals surface area contributed by atoms with E-state index >= 15 is 0 Å². The van der Waals surface area contributed by atoms with Crippen LogP contribution in [0.3, 0.4) is 0 Å². The van der Waals surface area contributed by atoms with E-state index in [0.29, 0.717) is 5.06 Å². The lowest BCUT2D eigenvalue weighted by atomic mass is 10.0. The Labute approximate surface area is 153 Å². The van der Waals surface area contributed by atoms with E-state index < -0.39 is 50.3 Å². The number of nitrogens with zero attached hydrogens (tertiary/aromatic N) is 3. The maximum Gasteiger partial charge on any atom is 0.418 e. The summed E-state index contributed by atoms with van der Waals surface area (Å²) in [5.41, 5.74) is 0. The van der Waals surface area contributed by atoms with E-state index in [2.05, 4.69) is 9.27 Å². The van der Waals surface area contributed by atoms with Gasteiger partial charge in [0.2, 0.25) is 5.95 Å². The van der Waals surface area contributed by atoms with E-state index in [1.807, 2.05) is 4.72 Å². The third kappa shape index (κ3) is 4.00. The van der Waals surface area contributed by atoms with Gasteiger partial charge >= 0.3 is 16.4 Å². The van der Waals surface area contributed by atoms with Crippen LogP contribution in [-0.2, 0) is 24.7 Å². The van der Waals surface area contributed by atoms with Crippen LogP contribution in [0, 0.1) is 11.4 Å². The van der Waals surface area contributed by atoms with Crippen molar-refractivity contribution in [2.24, 2.45) is 0 Å². The minimum atomic E-state index is -4.91. The number of amides is 2. The van der Waals surface area contributed by atoms with Gasteiger partial charge in [0.15, 0.2) is 0 Å². The van der Waals surface area contributed by atoms with Crippen molar-refractivity contribution in [3.63, 3.8) is 0 Å². The maximum atomic E-state index is 12.8. The largest absolute Gasteiger partial charge is 0.418 e. The number of hydrogen-bond donors (Lipinski definition) is 3. The molecule has 1 aromatic heterocycles. The molecule has 2 amide bonds. The quantitative estimate of drug-likeness (QED) is 0.246. The number of carbonyl (C=O) groups excluding carboxylic acids is 1. The van der Waals surface area contributed by atoms with Crippen LogP contribution >= 0.6 is 0 Å². The summed E-state index contributed by atoms with van der Waals surface area (Å²) >= 11 is 0. The number of aromatic nitrogens is 1. The van der Waals surface area contributed by atoms with Crippen LogP contribution < -0.4 is 4.72 Å². The van der Waals surface area contributed by atoms with Crippen molar-refractivity contribution >= 4 is 32.3 Å². The van der Waals surface area contributed by atoms with Crippen LogP contribution in [0.4, 0.5) is 9.18 Å². The molecule has 2 unspecified atom stereocenters. The van der Waals surface area contributed by atoms with Gasteiger partial charge in [0.05, 0.1) is 18.3 Å². The Bertz CT molecular complexity index is 982. The number of piperidine rings is 1. The summed E-state index contributed by atoms with van der Waals surface area (Å²) in [4.78, 5) is 16.2. The number of sulfonamides is 1. The molecule has 3 heterocycles. The van der Waals surface area contributed by atoms with Gasteiger partial charge in [-0.2, -0.15) is 17.9 Å². The lowest BCUT2D eigenvalue weighted by Crippen LogP contribution is -2.50. The fourth-order valence-electron chi connectivity index (χ4n) is 2.92. The first-order valence-electron chi connectivity index (χ1n) is 7.47. The van der Waals surface area contributed by atoms with Gasteiger partial charge in [0.25, 0.3) is 10.0 Å². The molecule has 1 aromatic rings. The summed E-state index contributed by atoms with van der Waals surface area (Å²) in [5, 5.41) is 8.50. The zero-order chi connectivity index (χ0) is 20.0. The van der Waals surface area contributed by atoms with E-state index in [4.69, 9.17) is 9.96 Å². The molecule has 0 radical (unpaired) electrons. The smallest absolute Gasteiger partial charge is 0.310 e. The van der Waals surface area contributed by atoms with Crippen LogP contribution in [-0.4, -0.2) is 66.8 Å². The predicted molar refractivity (Wildman–Crippen MR) is 85.6 cm³/mol. The summed E-state index contributed by atoms with van der Waals surface area (Å²) in [6, 6.07) is -0.754. The molecule has 15 heteroatoms. The number of carbonyl (C=O) groups is 1. The monoisotopic (exact) mass is 423 g/mol. The Balaban J connectivity index is 1.75. The van der Waals surface area contributed by atoms with Gasteiger partial charge in [-0.1, -0.05) is 0 Å². The lowest BCUT2D eigenvalue weighted by Gasteiger charge is -2.30. The first-order chi connectivity index (χ1) is 12.5. The van der Waals surface area contributed by atoms with Crippen molar-refractivity contribution in [3.8, 4) is 0 Å². The van der Waals surface area contributed by atoms with Crippen molar-refractivity contribution < 1.29 is 34.9 Å². The van der Waals surface area contributed by atoms with Gasteiger partial charge in [-0.05, 0) is 25.0 Å². The zero-order valence-electron chi connectivity index (χ0n) is 13.4. The predicted octanol–water partition coefficient (Wildman–Crippen LogP) is -0.521. The lowest BCUT2D eigenvalue weighted by molar-refractivity contribution is -0.0316. The molecule has 2 saturated heterocycles. The van der Waals surface area contributed by atoms with Crippen molar-refractivity contribution in [1.82, 2.24) is 19.7 Å². The second-order valence-corrected chi connectivity index (χ2v) is 8.53. The van der Waals surface area contributed by atoms with Crippen molar-refractivity contribution in [2.45, 2.75) is 29.8 Å². The highest BCUT2D eigenvalue weighted by molar-refractivity contribution is 7.90. The standard InChI is InChI=1S/C12H14FN5O7S2/c13-10-4-2-8(5-15-10)26(20,21)16-11(14)9-3-1-7-6-17(9)12(19)18(7)25-27(22,23)24/h2,4-5,7,9H,1,3,6H2,(H2,14,16)(H,22,23,24). The van der Waals surface area contributed by atoms with Gasteiger partial charge < -0.3 is 4.90 Å². The topological polar surface area (TPSA) is 170 Å². The Morgan fingerprint density at radius 3 is 2.63 bits per heavy atom. The Kier molecular flexibility index (Phi) is 4.79. The Hall–Kier alpha value is -2.36. The first-order valence-corrected chi connectivity index (χ1v) is 10.3. The molecular weight excluding hydrogens is 409 g/mol. The number of hydrogen-bond acceptors (Lipinski definition) is 8. The zero-order valence-corrected chi connectivity index (χ0v) is 15.1. The molecule has 2 aliphatic rings. The van der Waals surface area contributed by atoms with Crippen LogP contribution in [0.1, 0.15) is 12.8 Å². The van der Waals surface area contributed by atoms with E-state index in [1.54, 1.807) is 0 Å². The summed E-state index contributed by atoms with van der Waals surface area (Å²) < 4.78 is 74.1.